The van der Waals surface area contributed by atoms with Gasteiger partial charge in [0.1, 0.15) is 0 Å². The van der Waals surface area contributed by atoms with Crippen LogP contribution in [0.4, 0.5) is 0 Å². The SMILES string of the molecule is CC/C=C/C1C[CH]CCCCCCC1. The molecule has 0 nitrogen and oxygen atoms in total. The van der Waals surface area contributed by atoms with Gasteiger partial charge in [-0.15, -0.1) is 0 Å². The quantitative estimate of drug-likeness (QED) is 0.547. The average molecular weight is 193 g/mol. The van der Waals surface area contributed by atoms with E-state index in [2.05, 4.69) is 25.5 Å². The summed E-state index contributed by atoms with van der Waals surface area (Å²) < 4.78 is 0. The van der Waals surface area contributed by atoms with Crippen molar-refractivity contribution >= 4 is 0 Å². The van der Waals surface area contributed by atoms with Crippen molar-refractivity contribution in [1.82, 2.24) is 0 Å². The van der Waals surface area contributed by atoms with Crippen molar-refractivity contribution < 1.29 is 0 Å². The molecule has 0 N–H and O–H groups in total. The van der Waals surface area contributed by atoms with Crippen LogP contribution in [0.2, 0.25) is 0 Å². The van der Waals surface area contributed by atoms with Gasteiger partial charge in [0.2, 0.25) is 0 Å². The zero-order valence-electron chi connectivity index (χ0n) is 9.67. The predicted molar refractivity (Wildman–Crippen MR) is 64.2 cm³/mol. The molecule has 1 atom stereocenters. The van der Waals surface area contributed by atoms with E-state index in [1.54, 1.807) is 0 Å². The molecule has 1 rings (SSSR count). The topological polar surface area (TPSA) is 0 Å². The fourth-order valence-electron chi connectivity index (χ4n) is 2.18. The van der Waals surface area contributed by atoms with Crippen LogP contribution in [0.5, 0.6) is 0 Å². The molecule has 81 valence electrons. The Bertz CT molecular complexity index is 136. The van der Waals surface area contributed by atoms with Crippen molar-refractivity contribution in [1.29, 1.82) is 0 Å². The number of allylic oxidation sites excluding steroid dienone is 2. The first-order chi connectivity index (χ1) is 6.93. The standard InChI is InChI=1S/C14H25/c1-2-3-11-14-12-9-7-5-4-6-8-10-13-14/h3,9,11,14H,2,4-8,10,12-13H2,1H3/b11-3+. The van der Waals surface area contributed by atoms with Gasteiger partial charge in [-0.2, -0.15) is 0 Å². The van der Waals surface area contributed by atoms with Gasteiger partial charge in [0.25, 0.3) is 0 Å². The Morgan fingerprint density at radius 2 is 1.93 bits per heavy atom. The van der Waals surface area contributed by atoms with E-state index in [1.807, 2.05) is 0 Å². The van der Waals surface area contributed by atoms with Gasteiger partial charge in [0.15, 0.2) is 0 Å². The van der Waals surface area contributed by atoms with E-state index in [0.717, 1.165) is 5.92 Å². The molecule has 1 saturated carbocycles. The Morgan fingerprint density at radius 3 is 2.79 bits per heavy atom. The number of hydrogen-bond donors (Lipinski definition) is 0. The summed E-state index contributed by atoms with van der Waals surface area (Å²) >= 11 is 0. The van der Waals surface area contributed by atoms with Gasteiger partial charge in [-0.05, 0) is 31.6 Å². The summed E-state index contributed by atoms with van der Waals surface area (Å²) in [6, 6.07) is 0. The number of rotatable bonds is 2. The van der Waals surface area contributed by atoms with Gasteiger partial charge in [-0.25, -0.2) is 0 Å². The fourth-order valence-corrected chi connectivity index (χ4v) is 2.18. The van der Waals surface area contributed by atoms with Crippen LogP contribution >= 0.6 is 0 Å². The normalized spacial score (nSPS) is 22.6. The fraction of sp³-hybridized carbons (Fsp3) is 0.786. The Hall–Kier alpha value is -0.260. The van der Waals surface area contributed by atoms with E-state index in [1.165, 1.54) is 57.8 Å². The molecule has 0 aromatic rings. The molecule has 0 aromatic carbocycles. The third-order valence-corrected chi connectivity index (χ3v) is 3.10. The summed E-state index contributed by atoms with van der Waals surface area (Å²) in [7, 11) is 0. The second-order valence-corrected chi connectivity index (χ2v) is 4.47. The first-order valence-electron chi connectivity index (χ1n) is 6.42. The largest absolute Gasteiger partial charge is 0.0885 e. The van der Waals surface area contributed by atoms with Crippen LogP contribution in [0.25, 0.3) is 0 Å². The second-order valence-electron chi connectivity index (χ2n) is 4.47. The minimum Gasteiger partial charge on any atom is -0.0885 e. The lowest BCUT2D eigenvalue weighted by atomic mass is 9.92. The lowest BCUT2D eigenvalue weighted by Gasteiger charge is -2.14. The first kappa shape index (κ1) is 11.8. The molecule has 0 bridgehead atoms. The summed E-state index contributed by atoms with van der Waals surface area (Å²) in [6.45, 7) is 2.22. The van der Waals surface area contributed by atoms with Crippen LogP contribution in [0.3, 0.4) is 0 Å². The molecule has 0 aromatic heterocycles. The molecule has 1 aliphatic rings. The molecular formula is C14H25. The lowest BCUT2D eigenvalue weighted by Crippen LogP contribution is -1.99. The molecule has 14 heavy (non-hydrogen) atoms. The van der Waals surface area contributed by atoms with Gasteiger partial charge in [0, 0.05) is 0 Å². The first-order valence-corrected chi connectivity index (χ1v) is 6.42. The van der Waals surface area contributed by atoms with Gasteiger partial charge in [-0.1, -0.05) is 57.6 Å². The summed E-state index contributed by atoms with van der Waals surface area (Å²) in [6.07, 6.45) is 19.8. The Balaban J connectivity index is 2.26. The lowest BCUT2D eigenvalue weighted by molar-refractivity contribution is 0.487. The van der Waals surface area contributed by atoms with E-state index in [-0.39, 0.29) is 0 Å². The van der Waals surface area contributed by atoms with Crippen LogP contribution in [0, 0.1) is 12.3 Å². The van der Waals surface area contributed by atoms with Crippen LogP contribution in [0.15, 0.2) is 12.2 Å². The monoisotopic (exact) mass is 193 g/mol. The third kappa shape index (κ3) is 5.47. The van der Waals surface area contributed by atoms with E-state index in [9.17, 15) is 0 Å². The Kier molecular flexibility index (Phi) is 6.82. The zero-order valence-corrected chi connectivity index (χ0v) is 9.67. The molecule has 1 unspecified atom stereocenters. The highest BCUT2D eigenvalue weighted by atomic mass is 14.1. The van der Waals surface area contributed by atoms with E-state index < -0.39 is 0 Å². The van der Waals surface area contributed by atoms with Gasteiger partial charge < -0.3 is 0 Å². The molecule has 0 saturated heterocycles. The van der Waals surface area contributed by atoms with Crippen LogP contribution in [-0.4, -0.2) is 0 Å². The van der Waals surface area contributed by atoms with Crippen LogP contribution < -0.4 is 0 Å². The van der Waals surface area contributed by atoms with Crippen molar-refractivity contribution in [2.45, 2.75) is 64.7 Å². The maximum Gasteiger partial charge on any atom is -0.0231 e. The number of hydrogen-bond acceptors (Lipinski definition) is 0. The van der Waals surface area contributed by atoms with Gasteiger partial charge in [-0.3, -0.25) is 0 Å². The predicted octanol–water partition coefficient (Wildman–Crippen LogP) is 4.91. The van der Waals surface area contributed by atoms with Crippen LogP contribution in [-0.2, 0) is 0 Å². The highest BCUT2D eigenvalue weighted by molar-refractivity contribution is 4.90. The summed E-state index contributed by atoms with van der Waals surface area (Å²) in [5.41, 5.74) is 0. The summed E-state index contributed by atoms with van der Waals surface area (Å²) in [4.78, 5) is 0. The highest BCUT2D eigenvalue weighted by Gasteiger charge is 2.06. The molecule has 0 aliphatic heterocycles. The van der Waals surface area contributed by atoms with Crippen molar-refractivity contribution in [2.75, 3.05) is 0 Å². The van der Waals surface area contributed by atoms with Crippen molar-refractivity contribution in [3.8, 4) is 0 Å². The summed E-state index contributed by atoms with van der Waals surface area (Å²) in [5.74, 6) is 0.841. The van der Waals surface area contributed by atoms with Crippen molar-refractivity contribution in [3.05, 3.63) is 18.6 Å². The average Bonchev–Trinajstić information content (AvgIpc) is 2.23. The van der Waals surface area contributed by atoms with Crippen molar-refractivity contribution in [2.24, 2.45) is 5.92 Å². The van der Waals surface area contributed by atoms with Gasteiger partial charge in [0.05, 0.1) is 0 Å². The highest BCUT2D eigenvalue weighted by Crippen LogP contribution is 2.21. The Labute approximate surface area is 89.8 Å². The molecule has 0 heterocycles. The molecule has 1 aliphatic carbocycles. The van der Waals surface area contributed by atoms with E-state index in [0.29, 0.717) is 0 Å². The molecule has 0 heteroatoms. The maximum atomic E-state index is 2.51. The minimum atomic E-state index is 0.841. The smallest absolute Gasteiger partial charge is 0.0231 e. The van der Waals surface area contributed by atoms with Crippen LogP contribution in [0.1, 0.15) is 64.7 Å². The molecular weight excluding hydrogens is 168 g/mol. The molecule has 0 spiro atoms. The maximum absolute atomic E-state index is 2.51. The zero-order chi connectivity index (χ0) is 10.1. The second kappa shape index (κ2) is 8.08. The van der Waals surface area contributed by atoms with Gasteiger partial charge >= 0.3 is 0 Å². The molecule has 1 radical (unpaired) electrons. The summed E-state index contributed by atoms with van der Waals surface area (Å²) in [5, 5.41) is 0. The molecule has 1 fully saturated rings. The molecule has 0 amide bonds. The van der Waals surface area contributed by atoms with Crippen molar-refractivity contribution in [3.63, 3.8) is 0 Å². The van der Waals surface area contributed by atoms with E-state index in [4.69, 9.17) is 0 Å². The third-order valence-electron chi connectivity index (χ3n) is 3.10. The van der Waals surface area contributed by atoms with E-state index >= 15 is 0 Å². The minimum absolute atomic E-state index is 0.841. The Morgan fingerprint density at radius 1 is 1.14 bits per heavy atom.